The number of nitrogens with one attached hydrogen (secondary N) is 1. The third kappa shape index (κ3) is 2.24. The van der Waals surface area contributed by atoms with Gasteiger partial charge in [-0.05, 0) is 39.2 Å². The monoisotopic (exact) mass is 276 g/mol. The fourth-order valence-corrected chi connectivity index (χ4v) is 3.31. The molecule has 2 heterocycles. The molecule has 2 fully saturated rings. The van der Waals surface area contributed by atoms with Gasteiger partial charge in [0.25, 0.3) is 0 Å². The van der Waals surface area contributed by atoms with Gasteiger partial charge in [0.05, 0.1) is 11.7 Å². The van der Waals surface area contributed by atoms with Gasteiger partial charge in [0.15, 0.2) is 0 Å². The molecule has 0 bridgehead atoms. The number of hydrogen-bond acceptors (Lipinski definition) is 3. The first-order valence-corrected chi connectivity index (χ1v) is 7.48. The van der Waals surface area contributed by atoms with Crippen molar-refractivity contribution in [3.8, 4) is 0 Å². The third-order valence-corrected chi connectivity index (χ3v) is 4.81. The first kappa shape index (κ1) is 13.6. The van der Waals surface area contributed by atoms with Crippen LogP contribution in [0.15, 0.2) is 0 Å². The van der Waals surface area contributed by atoms with Crippen molar-refractivity contribution in [1.82, 2.24) is 20.0 Å². The maximum absolute atomic E-state index is 12.1. The second kappa shape index (κ2) is 4.88. The molecule has 1 aromatic heterocycles. The number of amides is 1. The second-order valence-electron chi connectivity index (χ2n) is 6.32. The molecule has 1 amide bonds. The highest BCUT2D eigenvalue weighted by atomic mass is 16.2. The third-order valence-electron chi connectivity index (χ3n) is 4.81. The van der Waals surface area contributed by atoms with Crippen molar-refractivity contribution in [3.63, 3.8) is 0 Å². The number of likely N-dealkylation sites (N-methyl/N-ethyl adjacent to an activating group) is 1. The summed E-state index contributed by atoms with van der Waals surface area (Å²) < 4.78 is 1.92. The fourth-order valence-electron chi connectivity index (χ4n) is 3.31. The summed E-state index contributed by atoms with van der Waals surface area (Å²) in [6.45, 7) is 5.17. The van der Waals surface area contributed by atoms with Gasteiger partial charge in [-0.15, -0.1) is 0 Å². The van der Waals surface area contributed by atoms with Gasteiger partial charge in [0.2, 0.25) is 5.91 Å². The number of aryl methyl sites for hydroxylation is 2. The Balaban J connectivity index is 1.87. The first-order chi connectivity index (χ1) is 9.49. The summed E-state index contributed by atoms with van der Waals surface area (Å²) >= 11 is 0. The number of rotatable bonds is 4. The van der Waals surface area contributed by atoms with Crippen molar-refractivity contribution in [2.75, 3.05) is 13.6 Å². The molecule has 1 N–H and O–H groups in total. The molecule has 0 aromatic carbocycles. The van der Waals surface area contributed by atoms with E-state index in [4.69, 9.17) is 0 Å². The van der Waals surface area contributed by atoms with Crippen LogP contribution in [0.5, 0.6) is 0 Å². The van der Waals surface area contributed by atoms with E-state index in [0.29, 0.717) is 6.42 Å². The van der Waals surface area contributed by atoms with Crippen LogP contribution in [0.4, 0.5) is 0 Å². The maximum atomic E-state index is 12.1. The lowest BCUT2D eigenvalue weighted by Crippen LogP contribution is -2.36. The minimum Gasteiger partial charge on any atom is -0.337 e. The van der Waals surface area contributed by atoms with E-state index in [0.717, 1.165) is 23.9 Å². The molecule has 0 unspecified atom stereocenters. The molecular weight excluding hydrogens is 252 g/mol. The van der Waals surface area contributed by atoms with E-state index in [1.165, 1.54) is 18.4 Å². The van der Waals surface area contributed by atoms with Gasteiger partial charge in [-0.25, -0.2) is 0 Å². The Morgan fingerprint density at radius 3 is 2.55 bits per heavy atom. The Bertz CT molecular complexity index is 532. The highest BCUT2D eigenvalue weighted by Crippen LogP contribution is 2.36. The van der Waals surface area contributed by atoms with E-state index < -0.39 is 0 Å². The number of nitrogens with zero attached hydrogens (tertiary/aromatic N) is 3. The van der Waals surface area contributed by atoms with Gasteiger partial charge < -0.3 is 10.2 Å². The average molecular weight is 276 g/mol. The highest BCUT2D eigenvalue weighted by Gasteiger charge is 2.41. The number of carbonyl (C=O) groups excluding carboxylic acids is 1. The average Bonchev–Trinajstić information content (AvgIpc) is 3.14. The minimum absolute atomic E-state index is 0.120. The van der Waals surface area contributed by atoms with E-state index in [-0.39, 0.29) is 18.0 Å². The molecule has 1 aromatic rings. The van der Waals surface area contributed by atoms with Crippen LogP contribution in [0.25, 0.3) is 0 Å². The quantitative estimate of drug-likeness (QED) is 0.902. The van der Waals surface area contributed by atoms with E-state index in [1.807, 2.05) is 30.6 Å². The van der Waals surface area contributed by atoms with Crippen LogP contribution in [0, 0.1) is 19.8 Å². The van der Waals surface area contributed by atoms with Gasteiger partial charge in [0.1, 0.15) is 0 Å². The van der Waals surface area contributed by atoms with E-state index in [2.05, 4.69) is 17.3 Å². The number of likely N-dealkylation sites (tertiary alicyclic amines) is 1. The van der Waals surface area contributed by atoms with Crippen LogP contribution in [0.1, 0.15) is 42.3 Å². The summed E-state index contributed by atoms with van der Waals surface area (Å²) in [6.07, 6.45) is 3.26. The summed E-state index contributed by atoms with van der Waals surface area (Å²) in [5.41, 5.74) is 3.41. The Morgan fingerprint density at radius 1 is 1.30 bits per heavy atom. The van der Waals surface area contributed by atoms with Crippen molar-refractivity contribution >= 4 is 5.91 Å². The number of aromatic nitrogens is 2. The van der Waals surface area contributed by atoms with Crippen LogP contribution >= 0.6 is 0 Å². The van der Waals surface area contributed by atoms with Crippen LogP contribution in [0.3, 0.4) is 0 Å². The molecule has 1 aliphatic heterocycles. The molecule has 2 aliphatic rings. The van der Waals surface area contributed by atoms with E-state index in [1.54, 1.807) is 0 Å². The van der Waals surface area contributed by atoms with Crippen molar-refractivity contribution in [2.45, 2.75) is 45.2 Å². The summed E-state index contributed by atoms with van der Waals surface area (Å²) in [7, 11) is 3.88. The van der Waals surface area contributed by atoms with Crippen LogP contribution in [-0.2, 0) is 11.8 Å². The molecule has 0 radical (unpaired) electrons. The molecule has 2 atom stereocenters. The molecule has 20 heavy (non-hydrogen) atoms. The van der Waals surface area contributed by atoms with Crippen LogP contribution < -0.4 is 5.32 Å². The predicted octanol–water partition coefficient (Wildman–Crippen LogP) is 1.31. The van der Waals surface area contributed by atoms with Gasteiger partial charge in [-0.2, -0.15) is 5.10 Å². The van der Waals surface area contributed by atoms with Gasteiger partial charge in [-0.3, -0.25) is 9.48 Å². The molecule has 1 saturated carbocycles. The standard InChI is InChI=1S/C15H24N4O/c1-9-14(10(2)19(4)17-9)15-12(7-13(20)18(15)3)16-8-11-5-6-11/h11-12,15-16H,5-8H2,1-4H3/t12-,15-/m1/s1. The highest BCUT2D eigenvalue weighted by molar-refractivity contribution is 5.80. The topological polar surface area (TPSA) is 50.2 Å². The molecule has 110 valence electrons. The van der Waals surface area contributed by atoms with Crippen molar-refractivity contribution in [3.05, 3.63) is 17.0 Å². The lowest BCUT2D eigenvalue weighted by molar-refractivity contribution is -0.127. The van der Waals surface area contributed by atoms with Crippen LogP contribution in [-0.4, -0.2) is 40.2 Å². The Morgan fingerprint density at radius 2 is 2.00 bits per heavy atom. The minimum atomic E-state index is 0.120. The molecule has 3 rings (SSSR count). The Labute approximate surface area is 120 Å². The predicted molar refractivity (Wildman–Crippen MR) is 77.3 cm³/mol. The number of hydrogen-bond donors (Lipinski definition) is 1. The summed E-state index contributed by atoms with van der Waals surface area (Å²) in [5.74, 6) is 1.05. The summed E-state index contributed by atoms with van der Waals surface area (Å²) in [5, 5.41) is 8.12. The van der Waals surface area contributed by atoms with Crippen molar-refractivity contribution in [1.29, 1.82) is 0 Å². The smallest absolute Gasteiger partial charge is 0.224 e. The molecule has 5 nitrogen and oxygen atoms in total. The largest absolute Gasteiger partial charge is 0.337 e. The zero-order chi connectivity index (χ0) is 14.4. The molecule has 5 heteroatoms. The van der Waals surface area contributed by atoms with Gasteiger partial charge in [-0.1, -0.05) is 0 Å². The lowest BCUT2D eigenvalue weighted by Gasteiger charge is -2.26. The lowest BCUT2D eigenvalue weighted by atomic mass is 9.98. The Hall–Kier alpha value is -1.36. The maximum Gasteiger partial charge on any atom is 0.224 e. The SMILES string of the molecule is Cc1nn(C)c(C)c1[C@H]1[C@H](NCC2CC2)CC(=O)N1C. The van der Waals surface area contributed by atoms with Crippen molar-refractivity contribution in [2.24, 2.45) is 13.0 Å². The summed E-state index contributed by atoms with van der Waals surface area (Å²) in [4.78, 5) is 14.0. The zero-order valence-corrected chi connectivity index (χ0v) is 12.8. The van der Waals surface area contributed by atoms with Crippen LogP contribution in [0.2, 0.25) is 0 Å². The molecule has 0 spiro atoms. The van der Waals surface area contributed by atoms with E-state index in [9.17, 15) is 4.79 Å². The van der Waals surface area contributed by atoms with Crippen molar-refractivity contribution < 1.29 is 4.79 Å². The zero-order valence-electron chi connectivity index (χ0n) is 12.8. The van der Waals surface area contributed by atoms with Gasteiger partial charge in [0, 0.05) is 37.8 Å². The Kier molecular flexibility index (Phi) is 3.32. The first-order valence-electron chi connectivity index (χ1n) is 7.48. The fraction of sp³-hybridized carbons (Fsp3) is 0.733. The normalized spacial score (nSPS) is 26.6. The number of carbonyl (C=O) groups is 1. The molecule has 1 saturated heterocycles. The summed E-state index contributed by atoms with van der Waals surface area (Å²) in [6, 6.07) is 0.338. The second-order valence-corrected chi connectivity index (χ2v) is 6.32. The van der Waals surface area contributed by atoms with Gasteiger partial charge >= 0.3 is 0 Å². The molecule has 1 aliphatic carbocycles. The van der Waals surface area contributed by atoms with E-state index >= 15 is 0 Å². The molecular formula is C15H24N4O.